The van der Waals surface area contributed by atoms with Crippen molar-refractivity contribution < 1.29 is 23.8 Å². The molecule has 0 unspecified atom stereocenters. The minimum absolute atomic E-state index is 0.336. The lowest BCUT2D eigenvalue weighted by molar-refractivity contribution is 0.0505. The highest BCUT2D eigenvalue weighted by molar-refractivity contribution is 5.91. The van der Waals surface area contributed by atoms with Crippen molar-refractivity contribution in [1.29, 1.82) is 0 Å². The molecule has 0 aliphatic rings. The monoisotopic (exact) mass is 417 g/mol. The second kappa shape index (κ2) is 10.7. The van der Waals surface area contributed by atoms with E-state index in [4.69, 9.17) is 14.2 Å². The Morgan fingerprint density at radius 1 is 0.806 bits per heavy atom. The highest BCUT2D eigenvalue weighted by Gasteiger charge is 2.09. The van der Waals surface area contributed by atoms with Crippen LogP contribution in [0.5, 0.6) is 11.5 Å². The highest BCUT2D eigenvalue weighted by Crippen LogP contribution is 2.17. The smallest absolute Gasteiger partial charge is 0.343 e. The van der Waals surface area contributed by atoms with Crippen molar-refractivity contribution in [3.63, 3.8) is 0 Å². The summed E-state index contributed by atoms with van der Waals surface area (Å²) in [6.07, 6.45) is 2.48. The molecule has 0 fully saturated rings. The van der Waals surface area contributed by atoms with Gasteiger partial charge in [-0.05, 0) is 84.8 Å². The molecule has 0 spiro atoms. The first-order valence-electron chi connectivity index (χ1n) is 9.86. The van der Waals surface area contributed by atoms with Gasteiger partial charge in [0.1, 0.15) is 11.5 Å². The lowest BCUT2D eigenvalue weighted by Gasteiger charge is -2.05. The van der Waals surface area contributed by atoms with Gasteiger partial charge in [-0.2, -0.15) is 0 Å². The first-order chi connectivity index (χ1) is 15.1. The van der Waals surface area contributed by atoms with Gasteiger partial charge >= 0.3 is 11.9 Å². The second-order valence-electron chi connectivity index (χ2n) is 6.63. The molecular weight excluding hydrogens is 394 g/mol. The summed E-state index contributed by atoms with van der Waals surface area (Å²) >= 11 is 0. The normalized spacial score (nSPS) is 10.6. The van der Waals surface area contributed by atoms with Crippen molar-refractivity contribution in [2.24, 2.45) is 4.99 Å². The maximum atomic E-state index is 12.2. The number of methoxy groups -OCH3 is 1. The summed E-state index contributed by atoms with van der Waals surface area (Å²) in [5.74, 6) is 0.331. The summed E-state index contributed by atoms with van der Waals surface area (Å²) in [6.45, 7) is 2.35. The molecule has 0 saturated heterocycles. The molecule has 0 atom stereocenters. The quantitative estimate of drug-likeness (QED) is 0.285. The average molecular weight is 417 g/mol. The van der Waals surface area contributed by atoms with Gasteiger partial charge in [-0.1, -0.05) is 6.92 Å². The van der Waals surface area contributed by atoms with Crippen molar-refractivity contribution >= 4 is 23.8 Å². The van der Waals surface area contributed by atoms with Crippen LogP contribution in [0.25, 0.3) is 0 Å². The van der Waals surface area contributed by atoms with E-state index >= 15 is 0 Å². The topological polar surface area (TPSA) is 74.2 Å². The maximum Gasteiger partial charge on any atom is 0.343 e. The molecule has 0 bridgehead atoms. The summed E-state index contributed by atoms with van der Waals surface area (Å²) in [6, 6.07) is 20.6. The van der Waals surface area contributed by atoms with Gasteiger partial charge < -0.3 is 14.2 Å². The van der Waals surface area contributed by atoms with E-state index in [0.717, 1.165) is 12.0 Å². The third-order valence-corrected chi connectivity index (χ3v) is 4.32. The lowest BCUT2D eigenvalue weighted by atomic mass is 10.2. The molecule has 3 aromatic rings. The third kappa shape index (κ3) is 6.27. The first-order valence-corrected chi connectivity index (χ1v) is 9.86. The van der Waals surface area contributed by atoms with E-state index in [1.165, 1.54) is 0 Å². The van der Waals surface area contributed by atoms with Gasteiger partial charge in [-0.3, -0.25) is 4.99 Å². The predicted molar refractivity (Wildman–Crippen MR) is 119 cm³/mol. The molecule has 158 valence electrons. The molecule has 0 aliphatic carbocycles. The molecule has 0 aromatic heterocycles. The van der Waals surface area contributed by atoms with E-state index in [2.05, 4.69) is 4.99 Å². The number of carbonyl (C=O) groups is 2. The van der Waals surface area contributed by atoms with Crippen molar-refractivity contribution in [3.8, 4) is 11.5 Å². The van der Waals surface area contributed by atoms with Gasteiger partial charge in [0.15, 0.2) is 0 Å². The molecule has 0 saturated carbocycles. The van der Waals surface area contributed by atoms with E-state index < -0.39 is 5.97 Å². The zero-order chi connectivity index (χ0) is 22.1. The first kappa shape index (κ1) is 21.8. The van der Waals surface area contributed by atoms with Gasteiger partial charge in [-0.15, -0.1) is 0 Å². The van der Waals surface area contributed by atoms with E-state index in [9.17, 15) is 9.59 Å². The van der Waals surface area contributed by atoms with Crippen LogP contribution in [-0.4, -0.2) is 31.9 Å². The minimum Gasteiger partial charge on any atom is -0.497 e. The van der Waals surface area contributed by atoms with Crippen LogP contribution in [0.2, 0.25) is 0 Å². The molecule has 0 N–H and O–H groups in total. The van der Waals surface area contributed by atoms with Gasteiger partial charge in [0.05, 0.1) is 30.5 Å². The third-order valence-electron chi connectivity index (χ3n) is 4.32. The van der Waals surface area contributed by atoms with Crippen LogP contribution in [0.4, 0.5) is 5.69 Å². The Balaban J connectivity index is 1.57. The Bertz CT molecular complexity index is 1040. The number of nitrogens with zero attached hydrogens (tertiary/aromatic N) is 1. The largest absolute Gasteiger partial charge is 0.497 e. The molecule has 3 aromatic carbocycles. The maximum absolute atomic E-state index is 12.2. The van der Waals surface area contributed by atoms with Gasteiger partial charge in [0, 0.05) is 6.21 Å². The van der Waals surface area contributed by atoms with Gasteiger partial charge in [0.2, 0.25) is 0 Å². The molecule has 6 nitrogen and oxygen atoms in total. The molecule has 0 amide bonds. The fourth-order valence-electron chi connectivity index (χ4n) is 2.63. The Kier molecular flexibility index (Phi) is 7.54. The fraction of sp³-hybridized carbons (Fsp3) is 0.160. The van der Waals surface area contributed by atoms with E-state index in [1.807, 2.05) is 6.92 Å². The van der Waals surface area contributed by atoms with Gasteiger partial charge in [0.25, 0.3) is 0 Å². The molecule has 6 heteroatoms. The summed E-state index contributed by atoms with van der Waals surface area (Å²) in [5.41, 5.74) is 2.49. The van der Waals surface area contributed by atoms with E-state index in [-0.39, 0.29) is 5.97 Å². The summed E-state index contributed by atoms with van der Waals surface area (Å²) in [4.78, 5) is 28.4. The van der Waals surface area contributed by atoms with E-state index in [0.29, 0.717) is 34.9 Å². The second-order valence-corrected chi connectivity index (χ2v) is 6.63. The number of carbonyl (C=O) groups excluding carboxylic acids is 2. The van der Waals surface area contributed by atoms with Crippen LogP contribution in [0.15, 0.2) is 77.8 Å². The average Bonchev–Trinajstić information content (AvgIpc) is 2.82. The number of esters is 2. The van der Waals surface area contributed by atoms with Crippen LogP contribution in [0.3, 0.4) is 0 Å². The minimum atomic E-state index is -0.443. The predicted octanol–water partition coefficient (Wildman–Crippen LogP) is 5.23. The number of hydrogen-bond donors (Lipinski definition) is 0. The summed E-state index contributed by atoms with van der Waals surface area (Å²) in [7, 11) is 1.57. The van der Waals surface area contributed by atoms with Crippen LogP contribution in [0, 0.1) is 0 Å². The van der Waals surface area contributed by atoms with E-state index in [1.54, 1.807) is 86.1 Å². The van der Waals surface area contributed by atoms with Crippen LogP contribution in [-0.2, 0) is 4.74 Å². The van der Waals surface area contributed by atoms with Crippen molar-refractivity contribution in [2.75, 3.05) is 13.7 Å². The van der Waals surface area contributed by atoms with Crippen LogP contribution >= 0.6 is 0 Å². The number of rotatable bonds is 8. The Morgan fingerprint density at radius 3 is 2.00 bits per heavy atom. The van der Waals surface area contributed by atoms with Crippen molar-refractivity contribution in [3.05, 3.63) is 89.5 Å². The number of ether oxygens (including phenoxy) is 3. The molecule has 0 aliphatic heterocycles. The summed E-state index contributed by atoms with van der Waals surface area (Å²) < 4.78 is 15.6. The van der Waals surface area contributed by atoms with Gasteiger partial charge in [-0.25, -0.2) is 9.59 Å². The number of aliphatic imine (C=N–C) groups is 1. The highest BCUT2D eigenvalue weighted by atomic mass is 16.5. The standard InChI is InChI=1S/C25H23NO5/c1-3-16-30-24(27)19-6-10-21(11-7-19)26-17-18-4-12-23(13-5-18)31-25(28)20-8-14-22(29-2)15-9-20/h4-15,17H,3,16H2,1-2H3. The molecule has 31 heavy (non-hydrogen) atoms. The Hall–Kier alpha value is -3.93. The zero-order valence-corrected chi connectivity index (χ0v) is 17.4. The SMILES string of the molecule is CCCOC(=O)c1ccc(N=Cc2ccc(OC(=O)c3ccc(OC)cc3)cc2)cc1. The Morgan fingerprint density at radius 2 is 1.39 bits per heavy atom. The summed E-state index contributed by atoms with van der Waals surface area (Å²) in [5, 5.41) is 0. The van der Waals surface area contributed by atoms with Crippen molar-refractivity contribution in [2.45, 2.75) is 13.3 Å². The van der Waals surface area contributed by atoms with Crippen LogP contribution < -0.4 is 9.47 Å². The lowest BCUT2D eigenvalue weighted by Crippen LogP contribution is -2.08. The molecule has 0 radical (unpaired) electrons. The number of hydrogen-bond acceptors (Lipinski definition) is 6. The fourth-order valence-corrected chi connectivity index (χ4v) is 2.63. The van der Waals surface area contributed by atoms with Crippen LogP contribution in [0.1, 0.15) is 39.6 Å². The number of benzene rings is 3. The zero-order valence-electron chi connectivity index (χ0n) is 17.4. The molecule has 0 heterocycles. The molecular formula is C25H23NO5. The Labute approximate surface area is 181 Å². The van der Waals surface area contributed by atoms with Crippen molar-refractivity contribution in [1.82, 2.24) is 0 Å². The molecule has 3 rings (SSSR count).